The number of Topliss-reactive ketones (excluding diaryl/α,β-unsaturated/α-hetero) is 2. The summed E-state index contributed by atoms with van der Waals surface area (Å²) in [6.07, 6.45) is -0.0278. The molecule has 0 atom stereocenters. The van der Waals surface area contributed by atoms with Gasteiger partial charge in [0.25, 0.3) is 0 Å². The van der Waals surface area contributed by atoms with Gasteiger partial charge in [-0.05, 0) is 6.92 Å². The third kappa shape index (κ3) is 9.26. The number of hydrogen-bond acceptors (Lipinski definition) is 2. The van der Waals surface area contributed by atoms with Crippen LogP contribution in [0.3, 0.4) is 0 Å². The predicted octanol–water partition coefficient (Wildman–Crippen LogP) is -2.63. The van der Waals surface area contributed by atoms with Gasteiger partial charge >= 0.3 is 18.9 Å². The van der Waals surface area contributed by atoms with Crippen molar-refractivity contribution in [3.8, 4) is 0 Å². The maximum absolute atomic E-state index is 9.99. The van der Waals surface area contributed by atoms with Crippen molar-refractivity contribution in [2.75, 3.05) is 0 Å². The van der Waals surface area contributed by atoms with Crippen LogP contribution in [-0.2, 0) is 9.59 Å². The molecule has 40 valence electrons. The van der Waals surface area contributed by atoms with Crippen molar-refractivity contribution in [2.24, 2.45) is 0 Å². The topological polar surface area (TPSA) is 34.1 Å². The van der Waals surface area contributed by atoms with Crippen LogP contribution in [0, 0.1) is 6.92 Å². The first-order valence-electron chi connectivity index (χ1n) is 1.97. The first-order valence-corrected chi connectivity index (χ1v) is 1.97. The van der Waals surface area contributed by atoms with Gasteiger partial charge in [-0.2, -0.15) is 0 Å². The van der Waals surface area contributed by atoms with E-state index >= 15 is 0 Å². The quantitative estimate of drug-likeness (QED) is 0.219. The molecular weight excluding hydrogens is 99.0 g/mol. The summed E-state index contributed by atoms with van der Waals surface area (Å²) in [5, 5.41) is 0. The molecule has 0 aromatic carbocycles. The zero-order valence-electron chi connectivity index (χ0n) is 5.23. The Morgan fingerprint density at radius 1 is 1.50 bits per heavy atom. The number of ketones is 2. The standard InChI is InChI=1S/C5H7O2.Li/c1-4(6)3-5(2)7;/h1,3H2,2H3;/q-1;+1. The van der Waals surface area contributed by atoms with Gasteiger partial charge in [0, 0.05) is 12.2 Å². The van der Waals surface area contributed by atoms with Crippen molar-refractivity contribution < 1.29 is 28.4 Å². The second kappa shape index (κ2) is 4.95. The molecule has 0 saturated carbocycles. The van der Waals surface area contributed by atoms with Crippen molar-refractivity contribution in [3.63, 3.8) is 0 Å². The van der Waals surface area contributed by atoms with Gasteiger partial charge in [-0.1, -0.05) is 0 Å². The van der Waals surface area contributed by atoms with Gasteiger partial charge < -0.3 is 11.7 Å². The maximum atomic E-state index is 9.99. The molecule has 0 N–H and O–H groups in total. The molecule has 3 heteroatoms. The molecule has 0 aliphatic rings. The number of carbonyl (C=O) groups is 2. The fourth-order valence-corrected chi connectivity index (χ4v) is 0.278. The Hall–Kier alpha value is -0.193. The molecule has 0 saturated heterocycles. The Labute approximate surface area is 60.8 Å². The van der Waals surface area contributed by atoms with E-state index < -0.39 is 0 Å². The summed E-state index contributed by atoms with van der Waals surface area (Å²) in [6.45, 7) is 4.38. The molecule has 0 unspecified atom stereocenters. The minimum Gasteiger partial charge on any atom is -0.339 e. The average molecular weight is 106 g/mol. The van der Waals surface area contributed by atoms with Crippen LogP contribution in [0.4, 0.5) is 0 Å². The fraction of sp³-hybridized carbons (Fsp3) is 0.400. The van der Waals surface area contributed by atoms with Crippen molar-refractivity contribution in [2.45, 2.75) is 13.3 Å². The smallest absolute Gasteiger partial charge is 0.339 e. The molecule has 0 aromatic heterocycles. The molecular formula is C5H7LiO2. The largest absolute Gasteiger partial charge is 1.00 e. The SMILES string of the molecule is [CH2-]C(=O)CC(C)=O.[Li+]. The van der Waals surface area contributed by atoms with Crippen LogP contribution in [0.5, 0.6) is 0 Å². The molecule has 8 heavy (non-hydrogen) atoms. The minimum absolute atomic E-state index is 0. The van der Waals surface area contributed by atoms with Crippen molar-refractivity contribution in [1.82, 2.24) is 0 Å². The molecule has 2 nitrogen and oxygen atoms in total. The van der Waals surface area contributed by atoms with Crippen molar-refractivity contribution in [1.29, 1.82) is 0 Å². The fourth-order valence-electron chi connectivity index (χ4n) is 0.278. The molecule has 0 radical (unpaired) electrons. The van der Waals surface area contributed by atoms with E-state index in [1.54, 1.807) is 0 Å². The van der Waals surface area contributed by atoms with Crippen molar-refractivity contribution in [3.05, 3.63) is 6.92 Å². The molecule has 0 spiro atoms. The molecule has 0 aliphatic heterocycles. The number of hydrogen-bond donors (Lipinski definition) is 0. The van der Waals surface area contributed by atoms with Crippen LogP contribution in [0.2, 0.25) is 0 Å². The third-order valence-corrected chi connectivity index (χ3v) is 0.446. The molecule has 0 amide bonds. The van der Waals surface area contributed by atoms with E-state index in [1.165, 1.54) is 6.92 Å². The molecule has 0 fully saturated rings. The van der Waals surface area contributed by atoms with E-state index in [0.29, 0.717) is 0 Å². The summed E-state index contributed by atoms with van der Waals surface area (Å²) in [7, 11) is 0. The van der Waals surface area contributed by atoms with Gasteiger partial charge in [0.15, 0.2) is 0 Å². The summed E-state index contributed by atoms with van der Waals surface area (Å²) >= 11 is 0. The summed E-state index contributed by atoms with van der Waals surface area (Å²) < 4.78 is 0. The zero-order valence-corrected chi connectivity index (χ0v) is 5.23. The van der Waals surface area contributed by atoms with Gasteiger partial charge in [-0.3, -0.25) is 4.79 Å². The van der Waals surface area contributed by atoms with Gasteiger partial charge in [-0.15, -0.1) is 0 Å². The average Bonchev–Trinajstić information content (AvgIpc) is 1.27. The number of carbonyl (C=O) groups excluding carboxylic acids is 2. The normalized spacial score (nSPS) is 7.12. The Bertz CT molecular complexity index is 86.6. The Kier molecular flexibility index (Phi) is 6.64. The zero-order chi connectivity index (χ0) is 5.86. The van der Waals surface area contributed by atoms with Gasteiger partial charge in [0.2, 0.25) is 0 Å². The van der Waals surface area contributed by atoms with E-state index in [1.807, 2.05) is 0 Å². The predicted molar refractivity (Wildman–Crippen MR) is 25.7 cm³/mol. The molecule has 0 aromatic rings. The van der Waals surface area contributed by atoms with Crippen LogP contribution in [0.1, 0.15) is 13.3 Å². The van der Waals surface area contributed by atoms with E-state index in [4.69, 9.17) is 0 Å². The molecule has 0 heterocycles. The summed E-state index contributed by atoms with van der Waals surface area (Å²) in [5.41, 5.74) is 0. The second-order valence-corrected chi connectivity index (χ2v) is 1.42. The van der Waals surface area contributed by atoms with Crippen molar-refractivity contribution >= 4 is 11.6 Å². The van der Waals surface area contributed by atoms with Crippen LogP contribution in [0.25, 0.3) is 0 Å². The van der Waals surface area contributed by atoms with Gasteiger partial charge in [0.05, 0.1) is 0 Å². The van der Waals surface area contributed by atoms with Crippen LogP contribution < -0.4 is 18.9 Å². The Balaban J connectivity index is 0. The molecule has 0 aliphatic carbocycles. The van der Waals surface area contributed by atoms with E-state index in [0.717, 1.165) is 0 Å². The third-order valence-electron chi connectivity index (χ3n) is 0.446. The Morgan fingerprint density at radius 3 is 1.88 bits per heavy atom. The monoisotopic (exact) mass is 106 g/mol. The van der Waals surface area contributed by atoms with Gasteiger partial charge in [0.1, 0.15) is 5.78 Å². The first kappa shape index (κ1) is 10.7. The van der Waals surface area contributed by atoms with Gasteiger partial charge in [-0.25, -0.2) is 0 Å². The molecule has 0 rings (SSSR count). The van der Waals surface area contributed by atoms with Crippen LogP contribution in [0.15, 0.2) is 0 Å². The summed E-state index contributed by atoms with van der Waals surface area (Å²) in [6, 6.07) is 0. The van der Waals surface area contributed by atoms with E-state index in [-0.39, 0.29) is 36.8 Å². The first-order chi connectivity index (χ1) is 3.13. The molecule has 0 bridgehead atoms. The van der Waals surface area contributed by atoms with E-state index in [9.17, 15) is 9.59 Å². The maximum Gasteiger partial charge on any atom is 1.00 e. The van der Waals surface area contributed by atoms with Crippen LogP contribution >= 0.6 is 0 Å². The summed E-state index contributed by atoms with van der Waals surface area (Å²) in [5.74, 6) is -0.437. The summed E-state index contributed by atoms with van der Waals surface area (Å²) in [4.78, 5) is 19.9. The number of rotatable bonds is 2. The van der Waals surface area contributed by atoms with E-state index in [2.05, 4.69) is 6.92 Å². The Morgan fingerprint density at radius 2 is 1.88 bits per heavy atom. The van der Waals surface area contributed by atoms with Crippen LogP contribution in [-0.4, -0.2) is 11.6 Å². The minimum atomic E-state index is -0.312. The second-order valence-electron chi connectivity index (χ2n) is 1.42.